The maximum absolute atomic E-state index is 12.4. The summed E-state index contributed by atoms with van der Waals surface area (Å²) in [5.41, 5.74) is 3.53. The van der Waals surface area contributed by atoms with Crippen LogP contribution >= 0.6 is 0 Å². The molecule has 0 bridgehead atoms. The van der Waals surface area contributed by atoms with Crippen LogP contribution in [0.15, 0.2) is 47.4 Å². The number of aliphatic hydroxyl groups is 1. The predicted octanol–water partition coefficient (Wildman–Crippen LogP) is 3.12. The second-order valence-electron chi connectivity index (χ2n) is 5.40. The van der Waals surface area contributed by atoms with Crippen molar-refractivity contribution in [3.05, 3.63) is 64.7 Å². The largest absolute Gasteiger partial charge is 0.387 e. The van der Waals surface area contributed by atoms with Crippen LogP contribution < -0.4 is 0 Å². The average Bonchev–Trinajstić information content (AvgIpc) is 2.41. The molecule has 0 aliphatic carbocycles. The Balaban J connectivity index is 2.29. The van der Waals surface area contributed by atoms with Gasteiger partial charge in [0.2, 0.25) is 0 Å². The number of aryl methyl sites for hydroxylation is 3. The van der Waals surface area contributed by atoms with Crippen molar-refractivity contribution >= 4 is 9.84 Å². The third-order valence-electron chi connectivity index (χ3n) is 3.76. The summed E-state index contributed by atoms with van der Waals surface area (Å²) < 4.78 is 24.9. The van der Waals surface area contributed by atoms with E-state index in [4.69, 9.17) is 0 Å². The molecule has 2 rings (SSSR count). The molecule has 4 heteroatoms. The summed E-state index contributed by atoms with van der Waals surface area (Å²) in [6, 6.07) is 12.3. The molecule has 2 aromatic carbocycles. The van der Waals surface area contributed by atoms with Crippen LogP contribution in [0, 0.1) is 20.8 Å². The van der Waals surface area contributed by atoms with Gasteiger partial charge in [-0.15, -0.1) is 0 Å². The van der Waals surface area contributed by atoms with E-state index in [0.29, 0.717) is 5.56 Å². The summed E-state index contributed by atoms with van der Waals surface area (Å²) in [5.74, 6) is -0.305. The highest BCUT2D eigenvalue weighted by Gasteiger charge is 2.22. The summed E-state index contributed by atoms with van der Waals surface area (Å²) in [7, 11) is -3.51. The minimum absolute atomic E-state index is 0.262. The van der Waals surface area contributed by atoms with Gasteiger partial charge in [0, 0.05) is 0 Å². The van der Waals surface area contributed by atoms with Crippen molar-refractivity contribution in [1.82, 2.24) is 0 Å². The third-order valence-corrected chi connectivity index (χ3v) is 5.49. The zero-order chi connectivity index (χ0) is 15.6. The van der Waals surface area contributed by atoms with Crippen molar-refractivity contribution in [2.24, 2.45) is 0 Å². The zero-order valence-corrected chi connectivity index (χ0v) is 13.3. The van der Waals surface area contributed by atoms with Crippen LogP contribution in [0.4, 0.5) is 0 Å². The molecular formula is C17H20O3S. The highest BCUT2D eigenvalue weighted by Crippen LogP contribution is 2.23. The van der Waals surface area contributed by atoms with Crippen molar-refractivity contribution in [2.75, 3.05) is 5.75 Å². The van der Waals surface area contributed by atoms with E-state index in [1.165, 1.54) is 0 Å². The molecule has 0 spiro atoms. The molecule has 0 saturated carbocycles. The maximum Gasteiger partial charge on any atom is 0.181 e. The number of rotatable bonds is 4. The SMILES string of the molecule is Cc1ccc(S(=O)(=O)CC(O)c2ccccc2C)cc1C. The van der Waals surface area contributed by atoms with Gasteiger partial charge in [-0.2, -0.15) is 0 Å². The fourth-order valence-electron chi connectivity index (χ4n) is 2.26. The number of hydrogen-bond acceptors (Lipinski definition) is 3. The first kappa shape index (κ1) is 15.7. The topological polar surface area (TPSA) is 54.4 Å². The Hall–Kier alpha value is -1.65. The Kier molecular flexibility index (Phi) is 4.49. The van der Waals surface area contributed by atoms with Crippen LogP contribution in [-0.4, -0.2) is 19.3 Å². The lowest BCUT2D eigenvalue weighted by Gasteiger charge is -2.14. The normalized spacial score (nSPS) is 13.1. The number of aliphatic hydroxyl groups excluding tert-OH is 1. The van der Waals surface area contributed by atoms with Crippen LogP contribution in [0.5, 0.6) is 0 Å². The monoisotopic (exact) mass is 304 g/mol. The van der Waals surface area contributed by atoms with Gasteiger partial charge in [0.1, 0.15) is 0 Å². The van der Waals surface area contributed by atoms with E-state index in [1.54, 1.807) is 30.3 Å². The molecule has 0 aliphatic heterocycles. The molecule has 0 saturated heterocycles. The first-order chi connectivity index (χ1) is 9.81. The second-order valence-corrected chi connectivity index (χ2v) is 7.43. The Bertz CT molecular complexity index is 748. The molecule has 112 valence electrons. The van der Waals surface area contributed by atoms with Crippen molar-refractivity contribution < 1.29 is 13.5 Å². The predicted molar refractivity (Wildman–Crippen MR) is 84.1 cm³/mol. The molecule has 0 fully saturated rings. The molecular weight excluding hydrogens is 284 g/mol. The fraction of sp³-hybridized carbons (Fsp3) is 0.294. The highest BCUT2D eigenvalue weighted by atomic mass is 32.2. The van der Waals surface area contributed by atoms with E-state index in [-0.39, 0.29) is 10.6 Å². The maximum atomic E-state index is 12.4. The van der Waals surface area contributed by atoms with E-state index in [2.05, 4.69) is 0 Å². The first-order valence-electron chi connectivity index (χ1n) is 6.85. The fourth-order valence-corrected chi connectivity index (χ4v) is 3.68. The molecule has 0 amide bonds. The lowest BCUT2D eigenvalue weighted by Crippen LogP contribution is -2.15. The molecule has 2 aromatic rings. The van der Waals surface area contributed by atoms with Gasteiger partial charge in [-0.25, -0.2) is 8.42 Å². The van der Waals surface area contributed by atoms with Gasteiger partial charge < -0.3 is 5.11 Å². The Labute approximate surface area is 126 Å². The van der Waals surface area contributed by atoms with Gasteiger partial charge in [0.15, 0.2) is 9.84 Å². The number of hydrogen-bond donors (Lipinski definition) is 1. The quantitative estimate of drug-likeness (QED) is 0.944. The zero-order valence-electron chi connectivity index (χ0n) is 12.5. The Morgan fingerprint density at radius 3 is 2.24 bits per heavy atom. The van der Waals surface area contributed by atoms with Crippen molar-refractivity contribution in [1.29, 1.82) is 0 Å². The Morgan fingerprint density at radius 1 is 0.952 bits per heavy atom. The van der Waals surface area contributed by atoms with Gasteiger partial charge in [0.05, 0.1) is 16.8 Å². The standard InChI is InChI=1S/C17H20O3S/c1-12-8-9-15(10-14(12)3)21(19,20)11-17(18)16-7-5-4-6-13(16)2/h4-10,17-18H,11H2,1-3H3. The lowest BCUT2D eigenvalue weighted by molar-refractivity contribution is 0.201. The smallest absolute Gasteiger partial charge is 0.181 e. The second kappa shape index (κ2) is 6.00. The van der Waals surface area contributed by atoms with E-state index >= 15 is 0 Å². The van der Waals surface area contributed by atoms with Crippen molar-refractivity contribution in [3.8, 4) is 0 Å². The van der Waals surface area contributed by atoms with Gasteiger partial charge in [-0.1, -0.05) is 30.3 Å². The molecule has 0 radical (unpaired) electrons. The van der Waals surface area contributed by atoms with Crippen LogP contribution in [-0.2, 0) is 9.84 Å². The highest BCUT2D eigenvalue weighted by molar-refractivity contribution is 7.91. The molecule has 1 N–H and O–H groups in total. The summed E-state index contributed by atoms with van der Waals surface area (Å²) >= 11 is 0. The van der Waals surface area contributed by atoms with Crippen molar-refractivity contribution in [3.63, 3.8) is 0 Å². The van der Waals surface area contributed by atoms with Crippen LogP contribution in [0.25, 0.3) is 0 Å². The molecule has 0 heterocycles. The minimum atomic E-state index is -3.51. The number of benzene rings is 2. The van der Waals surface area contributed by atoms with E-state index in [1.807, 2.05) is 32.9 Å². The van der Waals surface area contributed by atoms with Crippen LogP contribution in [0.3, 0.4) is 0 Å². The van der Waals surface area contributed by atoms with Crippen molar-refractivity contribution in [2.45, 2.75) is 31.8 Å². The third kappa shape index (κ3) is 3.52. The first-order valence-corrected chi connectivity index (χ1v) is 8.50. The lowest BCUT2D eigenvalue weighted by atomic mass is 10.1. The summed E-state index contributed by atoms with van der Waals surface area (Å²) in [4.78, 5) is 0.262. The van der Waals surface area contributed by atoms with E-state index in [0.717, 1.165) is 16.7 Å². The van der Waals surface area contributed by atoms with E-state index in [9.17, 15) is 13.5 Å². The molecule has 0 aromatic heterocycles. The van der Waals surface area contributed by atoms with Gasteiger partial charge in [-0.05, 0) is 55.2 Å². The summed E-state index contributed by atoms with van der Waals surface area (Å²) in [5, 5.41) is 10.2. The van der Waals surface area contributed by atoms with Crippen LogP contribution in [0.2, 0.25) is 0 Å². The van der Waals surface area contributed by atoms with E-state index < -0.39 is 15.9 Å². The van der Waals surface area contributed by atoms with Gasteiger partial charge >= 0.3 is 0 Å². The Morgan fingerprint density at radius 2 is 1.62 bits per heavy atom. The summed E-state index contributed by atoms with van der Waals surface area (Å²) in [6.45, 7) is 5.68. The number of sulfone groups is 1. The van der Waals surface area contributed by atoms with Crippen LogP contribution in [0.1, 0.15) is 28.4 Å². The molecule has 21 heavy (non-hydrogen) atoms. The molecule has 1 unspecified atom stereocenters. The molecule has 1 atom stereocenters. The minimum Gasteiger partial charge on any atom is -0.387 e. The summed E-state index contributed by atoms with van der Waals surface area (Å²) in [6.07, 6.45) is -1.02. The van der Waals surface area contributed by atoms with Gasteiger partial charge in [0.25, 0.3) is 0 Å². The molecule has 0 aliphatic rings. The average molecular weight is 304 g/mol. The molecule has 3 nitrogen and oxygen atoms in total. The van der Waals surface area contributed by atoms with Gasteiger partial charge in [-0.3, -0.25) is 0 Å².